The number of morpholine rings is 1. The SMILES string of the molecule is CCOCC.Cn1c(=O)c(CNCCF)cc2ccc(N3CCOCC3)cc21. The van der Waals surface area contributed by atoms with Crippen LogP contribution in [0.2, 0.25) is 0 Å². The maximum absolute atomic E-state index is 12.5. The molecule has 1 N–H and O–H groups in total. The smallest absolute Gasteiger partial charge is 0.255 e. The maximum Gasteiger partial charge on any atom is 0.255 e. The Kier molecular flexibility index (Phi) is 9.40. The summed E-state index contributed by atoms with van der Waals surface area (Å²) in [6.07, 6.45) is 0. The van der Waals surface area contributed by atoms with Gasteiger partial charge in [-0.05, 0) is 37.4 Å². The van der Waals surface area contributed by atoms with E-state index >= 15 is 0 Å². The molecule has 0 spiro atoms. The number of fused-ring (bicyclic) bond motifs is 1. The van der Waals surface area contributed by atoms with Gasteiger partial charge >= 0.3 is 0 Å². The summed E-state index contributed by atoms with van der Waals surface area (Å²) >= 11 is 0. The minimum absolute atomic E-state index is 0.0389. The number of hydrogen-bond donors (Lipinski definition) is 1. The molecular formula is C21H32FN3O3. The average Bonchev–Trinajstić information content (AvgIpc) is 2.73. The summed E-state index contributed by atoms with van der Waals surface area (Å²) in [6, 6.07) is 8.07. The first-order valence-electron chi connectivity index (χ1n) is 9.92. The molecule has 0 aliphatic carbocycles. The molecule has 0 saturated carbocycles. The Labute approximate surface area is 166 Å². The van der Waals surface area contributed by atoms with Crippen molar-refractivity contribution in [3.63, 3.8) is 0 Å². The van der Waals surface area contributed by atoms with Crippen LogP contribution in [0.3, 0.4) is 0 Å². The van der Waals surface area contributed by atoms with Crippen molar-refractivity contribution >= 4 is 16.6 Å². The number of nitrogens with one attached hydrogen (secondary N) is 1. The molecule has 0 amide bonds. The largest absolute Gasteiger partial charge is 0.382 e. The van der Waals surface area contributed by atoms with Gasteiger partial charge in [0.15, 0.2) is 0 Å². The van der Waals surface area contributed by atoms with Crippen LogP contribution in [0, 0.1) is 0 Å². The molecule has 1 aromatic carbocycles. The van der Waals surface area contributed by atoms with E-state index < -0.39 is 6.67 Å². The Bertz CT molecular complexity index is 786. The lowest BCUT2D eigenvalue weighted by atomic mass is 10.1. The lowest BCUT2D eigenvalue weighted by Gasteiger charge is -2.29. The summed E-state index contributed by atoms with van der Waals surface area (Å²) in [7, 11) is 1.78. The Morgan fingerprint density at radius 1 is 1.18 bits per heavy atom. The number of anilines is 1. The lowest BCUT2D eigenvalue weighted by molar-refractivity contribution is 0.122. The Morgan fingerprint density at radius 2 is 1.89 bits per heavy atom. The molecule has 0 bridgehead atoms. The highest BCUT2D eigenvalue weighted by Crippen LogP contribution is 2.22. The van der Waals surface area contributed by atoms with Gasteiger partial charge in [-0.1, -0.05) is 6.07 Å². The number of aryl methyl sites for hydroxylation is 1. The van der Waals surface area contributed by atoms with Crippen molar-refractivity contribution in [3.8, 4) is 0 Å². The Balaban J connectivity index is 0.000000500. The first kappa shape index (κ1) is 22.3. The van der Waals surface area contributed by atoms with E-state index in [4.69, 9.17) is 9.47 Å². The number of ether oxygens (including phenoxy) is 2. The van der Waals surface area contributed by atoms with E-state index in [-0.39, 0.29) is 12.1 Å². The molecular weight excluding hydrogens is 361 g/mol. The van der Waals surface area contributed by atoms with E-state index in [2.05, 4.69) is 22.3 Å². The topological polar surface area (TPSA) is 55.7 Å². The van der Waals surface area contributed by atoms with E-state index in [1.54, 1.807) is 11.6 Å². The minimum atomic E-state index is -0.434. The van der Waals surface area contributed by atoms with Gasteiger partial charge in [0.1, 0.15) is 6.67 Å². The van der Waals surface area contributed by atoms with E-state index in [1.807, 2.05) is 26.0 Å². The number of rotatable bonds is 7. The second kappa shape index (κ2) is 11.8. The fourth-order valence-electron chi connectivity index (χ4n) is 3.16. The second-order valence-corrected chi connectivity index (χ2v) is 6.52. The van der Waals surface area contributed by atoms with Crippen molar-refractivity contribution in [2.75, 3.05) is 57.6 Å². The predicted molar refractivity (Wildman–Crippen MR) is 112 cm³/mol. The predicted octanol–water partition coefficient (Wildman–Crippen LogP) is 2.48. The molecule has 1 saturated heterocycles. The molecule has 0 atom stereocenters. The highest BCUT2D eigenvalue weighted by Gasteiger charge is 2.13. The third-order valence-corrected chi connectivity index (χ3v) is 4.66. The van der Waals surface area contributed by atoms with Gasteiger partial charge in [0, 0.05) is 57.7 Å². The zero-order valence-corrected chi connectivity index (χ0v) is 17.2. The van der Waals surface area contributed by atoms with Gasteiger partial charge < -0.3 is 24.3 Å². The first-order chi connectivity index (χ1) is 13.6. The zero-order chi connectivity index (χ0) is 20.4. The van der Waals surface area contributed by atoms with Crippen molar-refractivity contribution in [1.29, 1.82) is 0 Å². The van der Waals surface area contributed by atoms with Crippen molar-refractivity contribution in [3.05, 3.63) is 40.2 Å². The van der Waals surface area contributed by atoms with Crippen LogP contribution in [0.25, 0.3) is 10.9 Å². The van der Waals surface area contributed by atoms with Crippen molar-refractivity contribution in [2.45, 2.75) is 20.4 Å². The molecule has 28 heavy (non-hydrogen) atoms. The van der Waals surface area contributed by atoms with Gasteiger partial charge in [-0.3, -0.25) is 4.79 Å². The maximum atomic E-state index is 12.5. The monoisotopic (exact) mass is 393 g/mol. The molecule has 1 fully saturated rings. The highest BCUT2D eigenvalue weighted by atomic mass is 19.1. The zero-order valence-electron chi connectivity index (χ0n) is 17.2. The van der Waals surface area contributed by atoms with Gasteiger partial charge in [0.05, 0.1) is 18.7 Å². The Hall–Kier alpha value is -1.96. The molecule has 2 aromatic rings. The standard InChI is InChI=1S/C17H22FN3O2.C4H10O/c1-20-16-11-15(21-6-8-23-9-7-21)3-2-13(16)10-14(17(20)22)12-19-5-4-18;1-3-5-4-2/h2-3,10-11,19H,4-9,12H2,1H3;3-4H2,1-2H3. The highest BCUT2D eigenvalue weighted by molar-refractivity contribution is 5.83. The fraction of sp³-hybridized carbons (Fsp3) is 0.571. The summed E-state index contributed by atoms with van der Waals surface area (Å²) in [4.78, 5) is 14.7. The first-order valence-corrected chi connectivity index (χ1v) is 9.92. The third-order valence-electron chi connectivity index (χ3n) is 4.66. The summed E-state index contributed by atoms with van der Waals surface area (Å²) < 4.78 is 24.1. The van der Waals surface area contributed by atoms with Gasteiger partial charge in [-0.2, -0.15) is 0 Å². The van der Waals surface area contributed by atoms with Crippen molar-refractivity contribution < 1.29 is 13.9 Å². The number of halogens is 1. The van der Waals surface area contributed by atoms with Crippen LogP contribution in [0.1, 0.15) is 19.4 Å². The number of pyridine rings is 1. The van der Waals surface area contributed by atoms with E-state index in [1.165, 1.54) is 0 Å². The quantitative estimate of drug-likeness (QED) is 0.733. The number of alkyl halides is 1. The summed E-state index contributed by atoms with van der Waals surface area (Å²) in [5.41, 5.74) is 2.64. The third kappa shape index (κ3) is 6.02. The number of aromatic nitrogens is 1. The molecule has 0 unspecified atom stereocenters. The van der Waals surface area contributed by atoms with Crippen LogP contribution in [0.15, 0.2) is 29.1 Å². The molecule has 2 heterocycles. The normalized spacial score (nSPS) is 14.1. The number of benzene rings is 1. The molecule has 1 aromatic heterocycles. The van der Waals surface area contributed by atoms with Crippen molar-refractivity contribution in [2.24, 2.45) is 7.05 Å². The second-order valence-electron chi connectivity index (χ2n) is 6.52. The van der Waals surface area contributed by atoms with Gasteiger partial charge in [0.2, 0.25) is 0 Å². The van der Waals surface area contributed by atoms with Gasteiger partial charge in [0.25, 0.3) is 5.56 Å². The number of nitrogens with zero attached hydrogens (tertiary/aromatic N) is 2. The van der Waals surface area contributed by atoms with Crippen LogP contribution in [-0.2, 0) is 23.1 Å². The van der Waals surface area contributed by atoms with E-state index in [0.717, 1.165) is 56.1 Å². The molecule has 1 aliphatic heterocycles. The average molecular weight is 394 g/mol. The van der Waals surface area contributed by atoms with Crippen LogP contribution in [0.4, 0.5) is 10.1 Å². The molecule has 156 valence electrons. The van der Waals surface area contributed by atoms with Crippen LogP contribution in [-0.4, -0.2) is 57.3 Å². The molecule has 7 heteroatoms. The minimum Gasteiger partial charge on any atom is -0.382 e. The van der Waals surface area contributed by atoms with Crippen LogP contribution < -0.4 is 15.8 Å². The van der Waals surface area contributed by atoms with Crippen molar-refractivity contribution in [1.82, 2.24) is 9.88 Å². The van der Waals surface area contributed by atoms with Crippen LogP contribution >= 0.6 is 0 Å². The summed E-state index contributed by atoms with van der Waals surface area (Å²) in [5.74, 6) is 0. The molecule has 0 radical (unpaired) electrons. The van der Waals surface area contributed by atoms with Crippen LogP contribution in [0.5, 0.6) is 0 Å². The van der Waals surface area contributed by atoms with Gasteiger partial charge in [-0.15, -0.1) is 0 Å². The molecule has 3 rings (SSSR count). The fourth-order valence-corrected chi connectivity index (χ4v) is 3.16. The van der Waals surface area contributed by atoms with E-state index in [0.29, 0.717) is 12.1 Å². The van der Waals surface area contributed by atoms with Gasteiger partial charge in [-0.25, -0.2) is 4.39 Å². The molecule has 6 nitrogen and oxygen atoms in total. The lowest BCUT2D eigenvalue weighted by Crippen LogP contribution is -2.36. The number of hydrogen-bond acceptors (Lipinski definition) is 5. The van der Waals surface area contributed by atoms with E-state index in [9.17, 15) is 9.18 Å². The summed E-state index contributed by atoms with van der Waals surface area (Å²) in [6.45, 7) is 9.08. The Morgan fingerprint density at radius 3 is 2.50 bits per heavy atom. The summed E-state index contributed by atoms with van der Waals surface area (Å²) in [5, 5.41) is 3.95. The molecule has 1 aliphatic rings.